The molecule has 5 nitrogen and oxygen atoms in total. The SMILES string of the molecule is O=S(=O)(N[C@H]1CCCOCC1)c1cc(Cl)ccc1OCC1CCC1. The fourth-order valence-corrected chi connectivity index (χ4v) is 4.70. The van der Waals surface area contributed by atoms with Crippen LogP contribution in [0.25, 0.3) is 0 Å². The fraction of sp³-hybridized carbons (Fsp3) is 0.647. The lowest BCUT2D eigenvalue weighted by Gasteiger charge is -2.26. The number of benzene rings is 1. The van der Waals surface area contributed by atoms with Gasteiger partial charge in [-0.25, -0.2) is 13.1 Å². The number of sulfonamides is 1. The van der Waals surface area contributed by atoms with Crippen LogP contribution in [0.15, 0.2) is 23.1 Å². The quantitative estimate of drug-likeness (QED) is 0.830. The van der Waals surface area contributed by atoms with Crippen LogP contribution in [0.4, 0.5) is 0 Å². The minimum atomic E-state index is -3.68. The first kappa shape index (κ1) is 18.0. The van der Waals surface area contributed by atoms with Crippen LogP contribution in [-0.4, -0.2) is 34.3 Å². The molecule has 7 heteroatoms. The maximum Gasteiger partial charge on any atom is 0.244 e. The summed E-state index contributed by atoms with van der Waals surface area (Å²) in [6.45, 7) is 1.82. The number of ether oxygens (including phenoxy) is 2. The van der Waals surface area contributed by atoms with Crippen LogP contribution in [-0.2, 0) is 14.8 Å². The third-order valence-corrected chi connectivity index (χ3v) is 6.45. The molecule has 1 N–H and O–H groups in total. The van der Waals surface area contributed by atoms with Crippen molar-refractivity contribution in [1.82, 2.24) is 4.72 Å². The second-order valence-electron chi connectivity index (χ2n) is 6.56. The molecule has 0 spiro atoms. The summed E-state index contributed by atoms with van der Waals surface area (Å²) in [6, 6.07) is 4.66. The van der Waals surface area contributed by atoms with Gasteiger partial charge < -0.3 is 9.47 Å². The van der Waals surface area contributed by atoms with E-state index in [0.29, 0.717) is 42.9 Å². The van der Waals surface area contributed by atoms with Gasteiger partial charge in [-0.1, -0.05) is 18.0 Å². The molecule has 1 atom stereocenters. The van der Waals surface area contributed by atoms with E-state index < -0.39 is 10.0 Å². The molecular formula is C17H24ClNO4S. The number of rotatable bonds is 6. The zero-order chi connectivity index (χ0) is 17.0. The minimum Gasteiger partial charge on any atom is -0.492 e. The third-order valence-electron chi connectivity index (χ3n) is 4.67. The molecule has 0 aromatic heterocycles. The summed E-state index contributed by atoms with van der Waals surface area (Å²) >= 11 is 6.03. The molecule has 3 rings (SSSR count). The summed E-state index contributed by atoms with van der Waals surface area (Å²) in [5, 5.41) is 0.385. The number of nitrogens with one attached hydrogen (secondary N) is 1. The van der Waals surface area contributed by atoms with Crippen LogP contribution >= 0.6 is 11.6 Å². The van der Waals surface area contributed by atoms with Crippen molar-refractivity contribution in [2.45, 2.75) is 49.5 Å². The van der Waals surface area contributed by atoms with E-state index >= 15 is 0 Å². The van der Waals surface area contributed by atoms with Crippen LogP contribution < -0.4 is 9.46 Å². The van der Waals surface area contributed by atoms with Gasteiger partial charge >= 0.3 is 0 Å². The Morgan fingerprint density at radius 2 is 2.00 bits per heavy atom. The van der Waals surface area contributed by atoms with Gasteiger partial charge in [0.2, 0.25) is 10.0 Å². The lowest BCUT2D eigenvalue weighted by atomic mass is 9.86. The molecule has 1 aliphatic heterocycles. The van der Waals surface area contributed by atoms with Crippen LogP contribution in [0.2, 0.25) is 5.02 Å². The predicted octanol–water partition coefficient (Wildman–Crippen LogP) is 3.37. The Kier molecular flexibility index (Phi) is 6.02. The molecule has 24 heavy (non-hydrogen) atoms. The van der Waals surface area contributed by atoms with Gasteiger partial charge in [0.1, 0.15) is 10.6 Å². The summed E-state index contributed by atoms with van der Waals surface area (Å²) in [5.74, 6) is 0.909. The Hall–Kier alpha value is -0.820. The topological polar surface area (TPSA) is 64.6 Å². The van der Waals surface area contributed by atoms with Crippen molar-refractivity contribution in [1.29, 1.82) is 0 Å². The molecule has 1 saturated carbocycles. The Balaban J connectivity index is 1.75. The van der Waals surface area contributed by atoms with Crippen LogP contribution in [0.1, 0.15) is 38.5 Å². The van der Waals surface area contributed by atoms with Crippen molar-refractivity contribution < 1.29 is 17.9 Å². The van der Waals surface area contributed by atoms with E-state index in [4.69, 9.17) is 21.1 Å². The first-order chi connectivity index (χ1) is 11.5. The van der Waals surface area contributed by atoms with Crippen molar-refractivity contribution in [3.8, 4) is 5.75 Å². The molecule has 2 aliphatic rings. The molecule has 0 unspecified atom stereocenters. The van der Waals surface area contributed by atoms with Crippen molar-refractivity contribution in [2.75, 3.05) is 19.8 Å². The average Bonchev–Trinajstić information content (AvgIpc) is 2.75. The van der Waals surface area contributed by atoms with E-state index in [1.165, 1.54) is 12.5 Å². The van der Waals surface area contributed by atoms with Gasteiger partial charge in [0.15, 0.2) is 0 Å². The van der Waals surface area contributed by atoms with E-state index in [1.807, 2.05) is 0 Å². The third kappa shape index (κ3) is 4.63. The zero-order valence-corrected chi connectivity index (χ0v) is 15.2. The molecule has 0 radical (unpaired) electrons. The summed E-state index contributed by atoms with van der Waals surface area (Å²) in [5.41, 5.74) is 0. The number of hydrogen-bond acceptors (Lipinski definition) is 4. The van der Waals surface area contributed by atoms with Crippen molar-refractivity contribution in [3.63, 3.8) is 0 Å². The fourth-order valence-electron chi connectivity index (χ4n) is 2.98. The number of hydrogen-bond donors (Lipinski definition) is 1. The lowest BCUT2D eigenvalue weighted by Crippen LogP contribution is -2.35. The molecule has 134 valence electrons. The van der Waals surface area contributed by atoms with Gasteiger partial charge in [-0.05, 0) is 56.2 Å². The van der Waals surface area contributed by atoms with Gasteiger partial charge in [0, 0.05) is 24.3 Å². The Bertz CT molecular complexity index is 653. The highest BCUT2D eigenvalue weighted by Crippen LogP contribution is 2.31. The van der Waals surface area contributed by atoms with Crippen molar-refractivity contribution >= 4 is 21.6 Å². The summed E-state index contributed by atoms with van der Waals surface area (Å²) in [7, 11) is -3.68. The second-order valence-corrected chi connectivity index (χ2v) is 8.68. The highest BCUT2D eigenvalue weighted by Gasteiger charge is 2.26. The molecule has 0 bridgehead atoms. The van der Waals surface area contributed by atoms with Gasteiger partial charge in [-0.3, -0.25) is 0 Å². The minimum absolute atomic E-state index is 0.115. The van der Waals surface area contributed by atoms with E-state index in [2.05, 4.69) is 4.72 Å². The van der Waals surface area contributed by atoms with E-state index in [1.54, 1.807) is 12.1 Å². The highest BCUT2D eigenvalue weighted by molar-refractivity contribution is 7.89. The van der Waals surface area contributed by atoms with Crippen molar-refractivity contribution in [3.05, 3.63) is 23.2 Å². The maximum atomic E-state index is 12.8. The normalized spacial score (nSPS) is 22.6. The van der Waals surface area contributed by atoms with E-state index in [9.17, 15) is 8.42 Å². The van der Waals surface area contributed by atoms with E-state index in [0.717, 1.165) is 25.7 Å². The summed E-state index contributed by atoms with van der Waals surface area (Å²) in [4.78, 5) is 0.125. The highest BCUT2D eigenvalue weighted by atomic mass is 35.5. The predicted molar refractivity (Wildman–Crippen MR) is 93.1 cm³/mol. The Labute approximate surface area is 148 Å². The van der Waals surface area contributed by atoms with Crippen LogP contribution in [0.5, 0.6) is 5.75 Å². The molecule has 1 aromatic rings. The largest absolute Gasteiger partial charge is 0.492 e. The molecular weight excluding hydrogens is 350 g/mol. The smallest absolute Gasteiger partial charge is 0.244 e. The molecule has 1 saturated heterocycles. The molecule has 1 aromatic carbocycles. The van der Waals surface area contributed by atoms with Crippen molar-refractivity contribution in [2.24, 2.45) is 5.92 Å². The van der Waals surface area contributed by atoms with Gasteiger partial charge in [0.25, 0.3) is 0 Å². The molecule has 0 amide bonds. The lowest BCUT2D eigenvalue weighted by molar-refractivity contribution is 0.143. The molecule has 1 aliphatic carbocycles. The monoisotopic (exact) mass is 373 g/mol. The van der Waals surface area contributed by atoms with E-state index in [-0.39, 0.29) is 10.9 Å². The molecule has 1 heterocycles. The maximum absolute atomic E-state index is 12.8. The van der Waals surface area contributed by atoms with Gasteiger partial charge in [-0.2, -0.15) is 0 Å². The van der Waals surface area contributed by atoms with Gasteiger partial charge in [-0.15, -0.1) is 0 Å². The molecule has 2 fully saturated rings. The zero-order valence-electron chi connectivity index (χ0n) is 13.7. The first-order valence-electron chi connectivity index (χ1n) is 8.57. The average molecular weight is 374 g/mol. The first-order valence-corrected chi connectivity index (χ1v) is 10.4. The van der Waals surface area contributed by atoms with Gasteiger partial charge in [0.05, 0.1) is 6.61 Å². The summed E-state index contributed by atoms with van der Waals surface area (Å²) in [6.07, 6.45) is 5.83. The standard InChI is InChI=1S/C17H24ClNO4S/c18-14-6-7-16(23-12-13-3-1-4-13)17(11-14)24(20,21)19-15-5-2-9-22-10-8-15/h6-7,11,13,15,19H,1-5,8-10,12H2/t15-/m0/s1. The summed E-state index contributed by atoms with van der Waals surface area (Å²) < 4.78 is 39.6. The second kappa shape index (κ2) is 8.04. The number of halogens is 1. The Morgan fingerprint density at radius 3 is 2.75 bits per heavy atom. The van der Waals surface area contributed by atoms with Crippen LogP contribution in [0.3, 0.4) is 0 Å². The Morgan fingerprint density at radius 1 is 1.17 bits per heavy atom. The van der Waals surface area contributed by atoms with Crippen LogP contribution in [0, 0.1) is 5.92 Å².